The number of nitrogens with one attached hydrogen (secondary N) is 2. The van der Waals surface area contributed by atoms with Crippen LogP contribution in [0.1, 0.15) is 50.5 Å². The van der Waals surface area contributed by atoms with Crippen LogP contribution in [-0.4, -0.2) is 15.2 Å². The Morgan fingerprint density at radius 3 is 2.45 bits per heavy atom. The average molecular weight is 476 g/mol. The van der Waals surface area contributed by atoms with Gasteiger partial charge in [-0.25, -0.2) is 0 Å². The Morgan fingerprint density at radius 1 is 1.24 bits per heavy atom. The van der Waals surface area contributed by atoms with Crippen LogP contribution in [0.15, 0.2) is 18.2 Å². The first-order valence-electron chi connectivity index (χ1n) is 9.56. The van der Waals surface area contributed by atoms with E-state index in [9.17, 15) is 28.1 Å². The summed E-state index contributed by atoms with van der Waals surface area (Å²) in [5.41, 5.74) is 2.78. The zero-order valence-electron chi connectivity index (χ0n) is 15.5. The number of alkyl halides is 4. The number of halogens is 4. The number of nitro groups is 1. The summed E-state index contributed by atoms with van der Waals surface area (Å²) in [7, 11) is 0. The van der Waals surface area contributed by atoms with Gasteiger partial charge in [0.25, 0.3) is 5.69 Å². The van der Waals surface area contributed by atoms with Gasteiger partial charge in [-0.2, -0.15) is 13.2 Å². The van der Waals surface area contributed by atoms with Crippen molar-refractivity contribution in [2.75, 3.05) is 5.43 Å². The second-order valence-corrected chi connectivity index (χ2v) is 10.6. The van der Waals surface area contributed by atoms with Crippen LogP contribution < -0.4 is 10.9 Å². The van der Waals surface area contributed by atoms with Crippen molar-refractivity contribution in [3.8, 4) is 0 Å². The molecule has 0 radical (unpaired) electrons. The first-order valence-corrected chi connectivity index (χ1v) is 10.4. The Morgan fingerprint density at radius 2 is 1.90 bits per heavy atom. The van der Waals surface area contributed by atoms with Gasteiger partial charge in [0.05, 0.1) is 10.5 Å². The third-order valence-electron chi connectivity index (χ3n) is 6.50. The standard InChI is InChI=1S/C19H21BrF3N3O3/c20-18-7-11-3-12(8-18)6-17(5-11,10-18)9-16(27)25-24-14-2-1-13(19(21,22)23)4-15(14)26(28)29/h1-2,4,11-12,24H,3,5-10H2,(H,25,27). The summed E-state index contributed by atoms with van der Waals surface area (Å²) in [4.78, 5) is 22.8. The Labute approximate surface area is 173 Å². The maximum Gasteiger partial charge on any atom is 0.416 e. The molecule has 0 spiro atoms. The molecule has 4 bridgehead atoms. The first kappa shape index (κ1) is 20.4. The molecule has 0 heterocycles. The highest BCUT2D eigenvalue weighted by Crippen LogP contribution is 2.65. The minimum absolute atomic E-state index is 0.0780. The van der Waals surface area contributed by atoms with Crippen molar-refractivity contribution < 1.29 is 22.9 Å². The second kappa shape index (κ2) is 6.85. The highest BCUT2D eigenvalue weighted by molar-refractivity contribution is 9.10. The lowest BCUT2D eigenvalue weighted by molar-refractivity contribution is -0.384. The van der Waals surface area contributed by atoms with Crippen molar-refractivity contribution in [3.05, 3.63) is 33.9 Å². The zero-order chi connectivity index (χ0) is 21.0. The molecule has 0 aliphatic heterocycles. The molecule has 29 heavy (non-hydrogen) atoms. The van der Waals surface area contributed by atoms with Crippen LogP contribution in [-0.2, 0) is 11.0 Å². The normalized spacial score (nSPS) is 32.8. The highest BCUT2D eigenvalue weighted by Gasteiger charge is 2.57. The van der Waals surface area contributed by atoms with Crippen LogP contribution in [0.4, 0.5) is 24.5 Å². The molecule has 5 rings (SSSR count). The lowest BCUT2D eigenvalue weighted by atomic mass is 9.48. The summed E-state index contributed by atoms with van der Waals surface area (Å²) < 4.78 is 38.5. The monoisotopic (exact) mass is 475 g/mol. The van der Waals surface area contributed by atoms with E-state index < -0.39 is 22.4 Å². The number of amides is 1. The van der Waals surface area contributed by atoms with Gasteiger partial charge < -0.3 is 0 Å². The fourth-order valence-electron chi connectivity index (χ4n) is 6.03. The summed E-state index contributed by atoms with van der Waals surface area (Å²) in [6.07, 6.45) is 2.06. The van der Waals surface area contributed by atoms with E-state index in [1.54, 1.807) is 0 Å². The van der Waals surface area contributed by atoms with Crippen molar-refractivity contribution in [2.45, 2.75) is 55.4 Å². The van der Waals surface area contributed by atoms with E-state index >= 15 is 0 Å². The van der Waals surface area contributed by atoms with Gasteiger partial charge in [0, 0.05) is 16.8 Å². The van der Waals surface area contributed by atoms with Gasteiger partial charge in [-0.3, -0.25) is 25.8 Å². The topological polar surface area (TPSA) is 84.3 Å². The molecule has 2 N–H and O–H groups in total. The highest BCUT2D eigenvalue weighted by atomic mass is 79.9. The predicted octanol–water partition coefficient (Wildman–Crippen LogP) is 5.18. The molecule has 158 valence electrons. The predicted molar refractivity (Wildman–Crippen MR) is 103 cm³/mol. The number of nitrogens with zero attached hydrogens (tertiary/aromatic N) is 1. The smallest absolute Gasteiger partial charge is 0.292 e. The van der Waals surface area contributed by atoms with Gasteiger partial charge in [0.2, 0.25) is 5.91 Å². The molecule has 1 amide bonds. The molecule has 4 fully saturated rings. The maximum absolute atomic E-state index is 12.8. The maximum atomic E-state index is 12.8. The van der Waals surface area contributed by atoms with Gasteiger partial charge in [0.1, 0.15) is 5.69 Å². The summed E-state index contributed by atoms with van der Waals surface area (Å²) in [5, 5.41) is 11.2. The number of carbonyl (C=O) groups excluding carboxylic acids is 1. The van der Waals surface area contributed by atoms with Crippen molar-refractivity contribution in [2.24, 2.45) is 17.3 Å². The molecular weight excluding hydrogens is 455 g/mol. The number of hydrogen-bond donors (Lipinski definition) is 2. The summed E-state index contributed by atoms with van der Waals surface area (Å²) >= 11 is 3.89. The fraction of sp³-hybridized carbons (Fsp3) is 0.632. The molecule has 2 unspecified atom stereocenters. The molecule has 1 aromatic carbocycles. The van der Waals surface area contributed by atoms with E-state index in [4.69, 9.17) is 0 Å². The fourth-order valence-corrected chi connectivity index (χ4v) is 7.54. The van der Waals surface area contributed by atoms with Crippen molar-refractivity contribution in [3.63, 3.8) is 0 Å². The van der Waals surface area contributed by atoms with Crippen LogP contribution in [0.3, 0.4) is 0 Å². The van der Waals surface area contributed by atoms with E-state index in [1.807, 2.05) is 0 Å². The SMILES string of the molecule is O=C(CC12CC3CC(CC(Br)(C3)C1)C2)NNc1ccc(C(F)(F)F)cc1[N+](=O)[O-]. The van der Waals surface area contributed by atoms with Crippen molar-refractivity contribution >= 4 is 33.2 Å². The number of hydrogen-bond acceptors (Lipinski definition) is 4. The summed E-state index contributed by atoms with van der Waals surface area (Å²) in [6.45, 7) is 0. The van der Waals surface area contributed by atoms with Gasteiger partial charge in [-0.1, -0.05) is 15.9 Å². The quantitative estimate of drug-likeness (QED) is 0.349. The average Bonchev–Trinajstić information content (AvgIpc) is 2.56. The third kappa shape index (κ3) is 4.08. The largest absolute Gasteiger partial charge is 0.416 e. The van der Waals surface area contributed by atoms with Crippen LogP contribution in [0.2, 0.25) is 0 Å². The minimum atomic E-state index is -4.68. The van der Waals surface area contributed by atoms with Gasteiger partial charge in [-0.05, 0) is 67.9 Å². The zero-order valence-corrected chi connectivity index (χ0v) is 17.1. The molecule has 4 aliphatic rings. The number of rotatable bonds is 5. The molecule has 1 aromatic rings. The van der Waals surface area contributed by atoms with Gasteiger partial charge >= 0.3 is 6.18 Å². The lowest BCUT2D eigenvalue weighted by Crippen LogP contribution is -2.54. The Balaban J connectivity index is 1.43. The molecule has 0 aromatic heterocycles. The number of hydrazine groups is 1. The number of anilines is 1. The Hall–Kier alpha value is -1.84. The third-order valence-corrected chi connectivity index (χ3v) is 7.43. The molecule has 2 atom stereocenters. The molecule has 4 saturated carbocycles. The van der Waals surface area contributed by atoms with Crippen molar-refractivity contribution in [1.82, 2.24) is 5.43 Å². The molecule has 4 aliphatic carbocycles. The lowest BCUT2D eigenvalue weighted by Gasteiger charge is -2.60. The van der Waals surface area contributed by atoms with Crippen LogP contribution >= 0.6 is 15.9 Å². The minimum Gasteiger partial charge on any atom is -0.292 e. The molecule has 10 heteroatoms. The van der Waals surface area contributed by atoms with Gasteiger partial charge in [-0.15, -0.1) is 0 Å². The van der Waals surface area contributed by atoms with E-state index in [-0.39, 0.29) is 21.3 Å². The van der Waals surface area contributed by atoms with E-state index in [0.717, 1.165) is 44.2 Å². The van der Waals surface area contributed by atoms with Gasteiger partial charge in [0.15, 0.2) is 0 Å². The van der Waals surface area contributed by atoms with Crippen molar-refractivity contribution in [1.29, 1.82) is 0 Å². The van der Waals surface area contributed by atoms with E-state index in [1.165, 1.54) is 6.42 Å². The summed E-state index contributed by atoms with van der Waals surface area (Å²) in [5.74, 6) is 0.928. The Kier molecular flexibility index (Phi) is 4.83. The van der Waals surface area contributed by atoms with Crippen LogP contribution in [0, 0.1) is 27.4 Å². The molecular formula is C19H21BrF3N3O3. The second-order valence-electron chi connectivity index (χ2n) is 8.95. The number of benzene rings is 1. The number of nitro benzene ring substituents is 1. The van der Waals surface area contributed by atoms with E-state index in [0.29, 0.717) is 24.3 Å². The van der Waals surface area contributed by atoms with E-state index in [2.05, 4.69) is 26.8 Å². The molecule has 6 nitrogen and oxygen atoms in total. The number of carbonyl (C=O) groups is 1. The first-order chi connectivity index (χ1) is 13.5. The molecule has 0 saturated heterocycles. The Bertz CT molecular complexity index is 847. The van der Waals surface area contributed by atoms with Crippen LogP contribution in [0.5, 0.6) is 0 Å². The van der Waals surface area contributed by atoms with Crippen LogP contribution in [0.25, 0.3) is 0 Å². The summed E-state index contributed by atoms with van der Waals surface area (Å²) in [6, 6.07) is 2.16.